The first kappa shape index (κ1) is 20.2. The minimum atomic E-state index is -4.60. The first-order chi connectivity index (χ1) is 13.6. The molecule has 2 atom stereocenters. The number of nitrogens with zero attached hydrogens (tertiary/aromatic N) is 2. The average molecular weight is 440 g/mol. The highest BCUT2D eigenvalue weighted by molar-refractivity contribution is 7.21. The van der Waals surface area contributed by atoms with Crippen molar-refractivity contribution in [3.63, 3.8) is 0 Å². The third kappa shape index (κ3) is 3.73. The lowest BCUT2D eigenvalue weighted by Crippen LogP contribution is -2.42. The summed E-state index contributed by atoms with van der Waals surface area (Å²) in [4.78, 5) is 20.1. The normalized spacial score (nSPS) is 20.4. The molecule has 4 heterocycles. The Labute approximate surface area is 174 Å². The second kappa shape index (κ2) is 7.28. The summed E-state index contributed by atoms with van der Waals surface area (Å²) in [6.45, 7) is 5.30. The molecule has 0 saturated carbocycles. The molecule has 0 aromatic carbocycles. The van der Waals surface area contributed by atoms with Gasteiger partial charge in [0.1, 0.15) is 9.71 Å². The van der Waals surface area contributed by atoms with Gasteiger partial charge >= 0.3 is 6.18 Å². The van der Waals surface area contributed by atoms with Gasteiger partial charge in [-0.3, -0.25) is 4.79 Å². The number of nitrogen functional groups attached to an aromatic ring is 1. The molecule has 4 rings (SSSR count). The van der Waals surface area contributed by atoms with Crippen molar-refractivity contribution in [2.45, 2.75) is 26.4 Å². The van der Waals surface area contributed by atoms with Crippen molar-refractivity contribution in [3.05, 3.63) is 34.0 Å². The number of carbonyl (C=O) groups is 1. The Morgan fingerprint density at radius 2 is 1.97 bits per heavy atom. The fourth-order valence-corrected chi connectivity index (χ4v) is 5.80. The van der Waals surface area contributed by atoms with Gasteiger partial charge in [-0.05, 0) is 35.8 Å². The van der Waals surface area contributed by atoms with Crippen molar-refractivity contribution >= 4 is 44.5 Å². The zero-order valence-electron chi connectivity index (χ0n) is 15.9. The molecule has 0 unspecified atom stereocenters. The van der Waals surface area contributed by atoms with Crippen LogP contribution in [0.25, 0.3) is 20.8 Å². The fourth-order valence-electron chi connectivity index (χ4n) is 4.03. The van der Waals surface area contributed by atoms with Gasteiger partial charge in [-0.25, -0.2) is 4.98 Å². The number of thiophene rings is 2. The molecule has 4 nitrogen and oxygen atoms in total. The second-order valence-electron chi connectivity index (χ2n) is 7.71. The van der Waals surface area contributed by atoms with Crippen molar-refractivity contribution in [2.75, 3.05) is 18.8 Å². The lowest BCUT2D eigenvalue weighted by molar-refractivity contribution is -0.136. The number of pyridine rings is 1. The molecule has 29 heavy (non-hydrogen) atoms. The van der Waals surface area contributed by atoms with E-state index in [-0.39, 0.29) is 32.4 Å². The summed E-state index contributed by atoms with van der Waals surface area (Å²) in [5, 5.41) is 1.61. The average Bonchev–Trinajstić information content (AvgIpc) is 3.27. The lowest BCUT2D eigenvalue weighted by atomic mass is 9.92. The van der Waals surface area contributed by atoms with Crippen LogP contribution in [-0.4, -0.2) is 28.9 Å². The van der Waals surface area contributed by atoms with Crippen LogP contribution in [0.1, 0.15) is 35.5 Å². The topological polar surface area (TPSA) is 59.2 Å². The predicted molar refractivity (Wildman–Crippen MR) is 111 cm³/mol. The summed E-state index contributed by atoms with van der Waals surface area (Å²) in [5.41, 5.74) is 5.37. The van der Waals surface area contributed by atoms with E-state index in [0.717, 1.165) is 23.8 Å². The highest BCUT2D eigenvalue weighted by atomic mass is 32.1. The van der Waals surface area contributed by atoms with Gasteiger partial charge in [0.15, 0.2) is 0 Å². The van der Waals surface area contributed by atoms with Crippen molar-refractivity contribution in [2.24, 2.45) is 11.8 Å². The molecule has 154 valence electrons. The number of anilines is 1. The molecule has 1 aliphatic heterocycles. The van der Waals surface area contributed by atoms with E-state index >= 15 is 0 Å². The molecule has 0 bridgehead atoms. The highest BCUT2D eigenvalue weighted by Gasteiger charge is 2.37. The van der Waals surface area contributed by atoms with Gasteiger partial charge < -0.3 is 10.6 Å². The van der Waals surface area contributed by atoms with E-state index < -0.39 is 11.7 Å². The third-order valence-corrected chi connectivity index (χ3v) is 7.11. The fraction of sp³-hybridized carbons (Fsp3) is 0.400. The van der Waals surface area contributed by atoms with Crippen molar-refractivity contribution in [1.29, 1.82) is 0 Å². The Morgan fingerprint density at radius 3 is 2.55 bits per heavy atom. The quantitative estimate of drug-likeness (QED) is 0.554. The highest BCUT2D eigenvalue weighted by Crippen LogP contribution is 2.44. The number of piperidine rings is 1. The summed E-state index contributed by atoms with van der Waals surface area (Å²) in [6.07, 6.45) is -3.58. The standard InChI is InChI=1S/C20H20F3N3OS2/c1-10-6-11(2)9-26(8-10)19(27)17-16(24)15-12(20(21,22)23)7-13(25-18(15)29-17)14-4-3-5-28-14/h3-5,7,10-11H,6,8-9,24H2,1-2H3/t10-,11+. The van der Waals surface area contributed by atoms with E-state index in [9.17, 15) is 18.0 Å². The van der Waals surface area contributed by atoms with Crippen LogP contribution in [0.15, 0.2) is 23.6 Å². The molecule has 1 amide bonds. The number of amides is 1. The van der Waals surface area contributed by atoms with Crippen LogP contribution in [0.4, 0.5) is 18.9 Å². The molecule has 1 aliphatic rings. The zero-order valence-corrected chi connectivity index (χ0v) is 17.5. The summed E-state index contributed by atoms with van der Waals surface area (Å²) in [7, 11) is 0. The Hall–Kier alpha value is -2.13. The molecule has 2 N–H and O–H groups in total. The van der Waals surface area contributed by atoms with Crippen LogP contribution < -0.4 is 5.73 Å². The predicted octanol–water partition coefficient (Wildman–Crippen LogP) is 5.74. The number of hydrogen-bond acceptors (Lipinski definition) is 5. The van der Waals surface area contributed by atoms with E-state index in [1.807, 2.05) is 0 Å². The van der Waals surface area contributed by atoms with Crippen molar-refractivity contribution < 1.29 is 18.0 Å². The smallest absolute Gasteiger partial charge is 0.397 e. The number of hydrogen-bond donors (Lipinski definition) is 1. The number of fused-ring (bicyclic) bond motifs is 1. The number of aromatic nitrogens is 1. The van der Waals surface area contributed by atoms with E-state index in [4.69, 9.17) is 5.73 Å². The Morgan fingerprint density at radius 1 is 1.28 bits per heavy atom. The zero-order chi connectivity index (χ0) is 20.9. The van der Waals surface area contributed by atoms with E-state index in [0.29, 0.717) is 29.8 Å². The molecular weight excluding hydrogens is 419 g/mol. The minimum Gasteiger partial charge on any atom is -0.397 e. The molecule has 0 radical (unpaired) electrons. The third-order valence-electron chi connectivity index (χ3n) is 5.13. The second-order valence-corrected chi connectivity index (χ2v) is 9.66. The van der Waals surface area contributed by atoms with Crippen LogP contribution in [0, 0.1) is 11.8 Å². The summed E-state index contributed by atoms with van der Waals surface area (Å²) in [5.74, 6) is 0.370. The van der Waals surface area contributed by atoms with Gasteiger partial charge in [-0.2, -0.15) is 13.2 Å². The number of alkyl halides is 3. The van der Waals surface area contributed by atoms with Crippen LogP contribution in [0.3, 0.4) is 0 Å². The molecule has 3 aromatic rings. The number of rotatable bonds is 2. The van der Waals surface area contributed by atoms with E-state index in [2.05, 4.69) is 18.8 Å². The maximum Gasteiger partial charge on any atom is 0.417 e. The number of carbonyl (C=O) groups excluding carboxylic acids is 1. The van der Waals surface area contributed by atoms with Gasteiger partial charge in [0.05, 0.1) is 21.8 Å². The van der Waals surface area contributed by atoms with Gasteiger partial charge in [0.2, 0.25) is 0 Å². The molecule has 9 heteroatoms. The van der Waals surface area contributed by atoms with Crippen LogP contribution in [0.5, 0.6) is 0 Å². The lowest BCUT2D eigenvalue weighted by Gasteiger charge is -2.34. The first-order valence-electron chi connectivity index (χ1n) is 9.28. The van der Waals surface area contributed by atoms with Crippen molar-refractivity contribution in [1.82, 2.24) is 9.88 Å². The molecule has 0 aliphatic carbocycles. The monoisotopic (exact) mass is 439 g/mol. The molecular formula is C20H20F3N3OS2. The van der Waals surface area contributed by atoms with Gasteiger partial charge in [-0.15, -0.1) is 22.7 Å². The van der Waals surface area contributed by atoms with Crippen LogP contribution >= 0.6 is 22.7 Å². The first-order valence-corrected chi connectivity index (χ1v) is 11.0. The number of likely N-dealkylation sites (tertiary alicyclic amines) is 1. The Bertz CT molecular complexity index is 1050. The minimum absolute atomic E-state index is 0.126. The summed E-state index contributed by atoms with van der Waals surface area (Å²) in [6, 6.07) is 4.50. The maximum atomic E-state index is 13.8. The Kier molecular flexibility index (Phi) is 5.06. The van der Waals surface area contributed by atoms with Crippen molar-refractivity contribution in [3.8, 4) is 10.6 Å². The largest absolute Gasteiger partial charge is 0.417 e. The number of nitrogens with two attached hydrogens (primary N) is 1. The molecule has 1 fully saturated rings. The molecule has 0 spiro atoms. The maximum absolute atomic E-state index is 13.8. The number of halogens is 3. The van der Waals surface area contributed by atoms with E-state index in [1.165, 1.54) is 11.3 Å². The SMILES string of the molecule is C[C@@H]1C[C@H](C)CN(C(=O)c2sc3nc(-c4cccs4)cc(C(F)(F)F)c3c2N)C1. The van der Waals surface area contributed by atoms with Gasteiger partial charge in [-0.1, -0.05) is 19.9 Å². The summed E-state index contributed by atoms with van der Waals surface area (Å²) < 4.78 is 41.4. The summed E-state index contributed by atoms with van der Waals surface area (Å²) >= 11 is 2.26. The molecule has 3 aromatic heterocycles. The molecule has 1 saturated heterocycles. The Balaban J connectivity index is 1.85. The van der Waals surface area contributed by atoms with E-state index in [1.54, 1.807) is 22.4 Å². The van der Waals surface area contributed by atoms with Crippen LogP contribution in [-0.2, 0) is 6.18 Å². The van der Waals surface area contributed by atoms with Gasteiger partial charge in [0, 0.05) is 18.5 Å². The van der Waals surface area contributed by atoms with Crippen LogP contribution in [0.2, 0.25) is 0 Å². The van der Waals surface area contributed by atoms with Gasteiger partial charge in [0.25, 0.3) is 5.91 Å².